The number of nitrogens with zero attached hydrogens (tertiary/aromatic N) is 3. The Morgan fingerprint density at radius 1 is 1.16 bits per heavy atom. The van der Waals surface area contributed by atoms with Gasteiger partial charge in [-0.3, -0.25) is 0 Å². The van der Waals surface area contributed by atoms with Gasteiger partial charge in [0.05, 0.1) is 0 Å². The predicted molar refractivity (Wildman–Crippen MR) is 97.6 cm³/mol. The topological polar surface area (TPSA) is 11.0 Å². The van der Waals surface area contributed by atoms with Gasteiger partial charge in [-0.15, -0.1) is 9.13 Å². The number of aromatic nitrogens is 2. The van der Waals surface area contributed by atoms with Gasteiger partial charge in [-0.25, -0.2) is 0 Å². The molecule has 0 aromatic carbocycles. The molecular formula is C22H27N3+2. The number of allylic oxidation sites excluding steroid dienone is 1. The maximum absolute atomic E-state index is 2.66. The van der Waals surface area contributed by atoms with Gasteiger partial charge in [-0.2, -0.15) is 4.90 Å². The van der Waals surface area contributed by atoms with Crippen molar-refractivity contribution in [1.29, 1.82) is 0 Å². The van der Waals surface area contributed by atoms with E-state index in [0.717, 1.165) is 0 Å². The van der Waals surface area contributed by atoms with Crippen LogP contribution in [0.2, 0.25) is 0 Å². The van der Waals surface area contributed by atoms with Crippen LogP contribution in [0.4, 0.5) is 0 Å². The average molecular weight is 333 g/mol. The van der Waals surface area contributed by atoms with E-state index in [1.54, 1.807) is 0 Å². The summed E-state index contributed by atoms with van der Waals surface area (Å²) in [7, 11) is 2.34. The Labute approximate surface area is 150 Å². The molecule has 4 unspecified atom stereocenters. The summed E-state index contributed by atoms with van der Waals surface area (Å²) in [6.07, 6.45) is 13.1. The van der Waals surface area contributed by atoms with Gasteiger partial charge in [-0.05, 0) is 38.3 Å². The van der Waals surface area contributed by atoms with E-state index < -0.39 is 0 Å². The Kier molecular flexibility index (Phi) is 3.21. The van der Waals surface area contributed by atoms with Crippen LogP contribution >= 0.6 is 0 Å². The minimum atomic E-state index is -0.117. The fourth-order valence-corrected chi connectivity index (χ4v) is 5.97. The Balaban J connectivity index is 1.87. The largest absolute Gasteiger partial charge is 0.432 e. The minimum Gasteiger partial charge on any atom is -0.181 e. The first-order valence-electron chi connectivity index (χ1n) is 9.64. The third kappa shape index (κ3) is 1.70. The summed E-state index contributed by atoms with van der Waals surface area (Å²) < 4.78 is 5.13. The molecule has 0 bridgehead atoms. The first kappa shape index (κ1) is 15.3. The maximum atomic E-state index is 2.66. The highest BCUT2D eigenvalue weighted by Crippen LogP contribution is 2.49. The van der Waals surface area contributed by atoms with E-state index in [2.05, 4.69) is 89.8 Å². The fourth-order valence-electron chi connectivity index (χ4n) is 5.97. The average Bonchev–Trinajstić information content (AvgIpc) is 3.08. The van der Waals surface area contributed by atoms with Gasteiger partial charge in [0.1, 0.15) is 5.92 Å². The van der Waals surface area contributed by atoms with Crippen molar-refractivity contribution in [2.24, 2.45) is 11.8 Å². The van der Waals surface area contributed by atoms with Gasteiger partial charge in [0.2, 0.25) is 0 Å². The molecule has 2 aromatic heterocycles. The van der Waals surface area contributed by atoms with Gasteiger partial charge >= 0.3 is 5.79 Å². The molecule has 3 aliphatic rings. The second-order valence-corrected chi connectivity index (χ2v) is 7.83. The zero-order valence-corrected chi connectivity index (χ0v) is 15.4. The number of aryl methyl sites for hydroxylation is 1. The fraction of sp³-hybridized carbons (Fsp3) is 0.455. The summed E-state index contributed by atoms with van der Waals surface area (Å²) in [5.74, 6) is 1.11. The Hall–Kier alpha value is -2.00. The van der Waals surface area contributed by atoms with Crippen molar-refractivity contribution < 1.29 is 9.13 Å². The summed E-state index contributed by atoms with van der Waals surface area (Å²) in [6, 6.07) is 11.7. The standard InChI is InChI=1S/C22H27N3/c1-4-19-17-11-5-6-12-18(17)22(23(19)3)24-14-8-7-13-20(24)21-16(2)10-9-15-25(21)22/h5,7-11,13-15,17-19H,4,6,12H2,1-3H3/q+2. The van der Waals surface area contributed by atoms with Crippen LogP contribution in [0.15, 0.2) is 54.9 Å². The van der Waals surface area contributed by atoms with Gasteiger partial charge in [0.25, 0.3) is 11.4 Å². The van der Waals surface area contributed by atoms with E-state index in [1.807, 2.05) is 0 Å². The Morgan fingerprint density at radius 2 is 2.00 bits per heavy atom. The summed E-state index contributed by atoms with van der Waals surface area (Å²) in [5.41, 5.74) is 4.08. The number of rotatable bonds is 1. The molecule has 3 nitrogen and oxygen atoms in total. The second-order valence-electron chi connectivity index (χ2n) is 7.83. The van der Waals surface area contributed by atoms with Crippen molar-refractivity contribution >= 4 is 0 Å². The molecule has 4 heterocycles. The lowest BCUT2D eigenvalue weighted by atomic mass is 9.79. The lowest BCUT2D eigenvalue weighted by Gasteiger charge is -2.28. The molecule has 5 rings (SSSR count). The third-order valence-electron chi connectivity index (χ3n) is 6.85. The molecule has 0 amide bonds. The normalized spacial score (nSPS) is 32.7. The van der Waals surface area contributed by atoms with Crippen molar-refractivity contribution in [2.45, 2.75) is 44.9 Å². The van der Waals surface area contributed by atoms with Crippen LogP contribution in [0.3, 0.4) is 0 Å². The van der Waals surface area contributed by atoms with E-state index >= 15 is 0 Å². The van der Waals surface area contributed by atoms with E-state index in [9.17, 15) is 0 Å². The third-order valence-corrected chi connectivity index (χ3v) is 6.85. The number of hydrogen-bond donors (Lipinski definition) is 0. The predicted octanol–water partition coefficient (Wildman–Crippen LogP) is 3.02. The van der Waals surface area contributed by atoms with Gasteiger partial charge in [0, 0.05) is 42.8 Å². The van der Waals surface area contributed by atoms with Crippen LogP contribution in [-0.4, -0.2) is 18.0 Å². The smallest absolute Gasteiger partial charge is 0.181 e. The van der Waals surface area contributed by atoms with Crippen LogP contribution in [0.5, 0.6) is 0 Å². The van der Waals surface area contributed by atoms with E-state index in [4.69, 9.17) is 0 Å². The summed E-state index contributed by atoms with van der Waals surface area (Å²) in [4.78, 5) is 2.66. The van der Waals surface area contributed by atoms with Gasteiger partial charge in [0.15, 0.2) is 12.4 Å². The van der Waals surface area contributed by atoms with Gasteiger partial charge in [-0.1, -0.05) is 19.1 Å². The molecule has 3 heteroatoms. The van der Waals surface area contributed by atoms with Crippen molar-refractivity contribution in [3.8, 4) is 11.4 Å². The molecule has 1 saturated heterocycles. The van der Waals surface area contributed by atoms with Crippen molar-refractivity contribution in [3.05, 3.63) is 60.4 Å². The maximum Gasteiger partial charge on any atom is 0.432 e. The molecular weight excluding hydrogens is 306 g/mol. The molecule has 2 aliphatic heterocycles. The first-order chi connectivity index (χ1) is 12.2. The lowest BCUT2D eigenvalue weighted by Crippen LogP contribution is -2.78. The number of pyridine rings is 2. The molecule has 1 fully saturated rings. The molecule has 1 spiro atoms. The summed E-state index contributed by atoms with van der Waals surface area (Å²) in [5, 5.41) is 0. The Morgan fingerprint density at radius 3 is 2.84 bits per heavy atom. The van der Waals surface area contributed by atoms with Crippen LogP contribution in [0.25, 0.3) is 11.4 Å². The lowest BCUT2D eigenvalue weighted by molar-refractivity contribution is -0.991. The highest BCUT2D eigenvalue weighted by atomic mass is 15.5. The first-order valence-corrected chi connectivity index (χ1v) is 9.64. The zero-order valence-electron chi connectivity index (χ0n) is 15.4. The molecule has 4 atom stereocenters. The van der Waals surface area contributed by atoms with Crippen LogP contribution in [0.1, 0.15) is 31.7 Å². The van der Waals surface area contributed by atoms with Crippen molar-refractivity contribution in [1.82, 2.24) is 4.90 Å². The van der Waals surface area contributed by atoms with E-state index in [0.29, 0.717) is 17.9 Å². The Bertz CT molecular complexity index is 871. The quantitative estimate of drug-likeness (QED) is 0.577. The molecule has 0 N–H and O–H groups in total. The zero-order chi connectivity index (χ0) is 17.2. The van der Waals surface area contributed by atoms with Crippen LogP contribution in [-0.2, 0) is 5.79 Å². The van der Waals surface area contributed by atoms with Crippen LogP contribution < -0.4 is 9.13 Å². The molecule has 0 radical (unpaired) electrons. The molecule has 0 saturated carbocycles. The second kappa shape index (κ2) is 5.25. The highest BCUT2D eigenvalue weighted by Gasteiger charge is 2.74. The monoisotopic (exact) mass is 333 g/mol. The number of likely N-dealkylation sites (tertiary alicyclic amines) is 1. The highest BCUT2D eigenvalue weighted by molar-refractivity contribution is 5.53. The number of fused-ring (bicyclic) bond motifs is 7. The van der Waals surface area contributed by atoms with E-state index in [1.165, 1.54) is 36.2 Å². The SMILES string of the molecule is CCC1C2C=CCCC2C2(N1C)[n+]1ccccc1-c1c(C)ccc[n+]12. The minimum absolute atomic E-state index is 0.117. The summed E-state index contributed by atoms with van der Waals surface area (Å²) >= 11 is 0. The molecule has 25 heavy (non-hydrogen) atoms. The summed E-state index contributed by atoms with van der Waals surface area (Å²) in [6.45, 7) is 4.58. The number of hydrogen-bond acceptors (Lipinski definition) is 1. The van der Waals surface area contributed by atoms with Gasteiger partial charge < -0.3 is 0 Å². The van der Waals surface area contributed by atoms with E-state index in [-0.39, 0.29) is 5.79 Å². The van der Waals surface area contributed by atoms with Crippen molar-refractivity contribution in [3.63, 3.8) is 0 Å². The molecule has 1 aliphatic carbocycles. The van der Waals surface area contributed by atoms with Crippen LogP contribution in [0, 0.1) is 18.8 Å². The molecule has 128 valence electrons. The molecule has 2 aromatic rings. The van der Waals surface area contributed by atoms with Crippen molar-refractivity contribution in [2.75, 3.05) is 7.05 Å².